The third-order valence-electron chi connectivity index (χ3n) is 3.94. The number of benzene rings is 1. The summed E-state index contributed by atoms with van der Waals surface area (Å²) in [5.74, 6) is 0.663. The molecule has 0 amide bonds. The lowest BCUT2D eigenvalue weighted by molar-refractivity contribution is 0.0321. The molecule has 0 saturated carbocycles. The normalized spacial score (nSPS) is 18.7. The van der Waals surface area contributed by atoms with Crippen LogP contribution >= 0.6 is 15.9 Å². The highest BCUT2D eigenvalue weighted by Crippen LogP contribution is 2.23. The van der Waals surface area contributed by atoms with Crippen molar-refractivity contribution >= 4 is 15.9 Å². The topological polar surface area (TPSA) is 38.5 Å². The van der Waals surface area contributed by atoms with Crippen molar-refractivity contribution in [2.75, 3.05) is 26.8 Å². The molecule has 1 aromatic rings. The van der Waals surface area contributed by atoms with Crippen LogP contribution < -0.4 is 5.73 Å². The van der Waals surface area contributed by atoms with Crippen molar-refractivity contribution in [2.45, 2.75) is 25.4 Å². The molecular weight excluding hydrogens is 304 g/mol. The largest absolute Gasteiger partial charge is 0.381 e. The smallest absolute Gasteiger partial charge is 0.0469 e. The lowest BCUT2D eigenvalue weighted by Crippen LogP contribution is -2.44. The zero-order valence-electron chi connectivity index (χ0n) is 11.5. The fourth-order valence-electron chi connectivity index (χ4n) is 2.87. The molecule has 0 bridgehead atoms. The molecule has 1 unspecified atom stereocenters. The molecule has 1 fully saturated rings. The zero-order valence-corrected chi connectivity index (χ0v) is 13.1. The van der Waals surface area contributed by atoms with E-state index in [1.165, 1.54) is 5.56 Å². The number of nitrogens with two attached hydrogens (primary N) is 1. The predicted octanol–water partition coefficient (Wildman–Crippen LogP) is 2.63. The van der Waals surface area contributed by atoms with Crippen LogP contribution in [0.5, 0.6) is 0 Å². The summed E-state index contributed by atoms with van der Waals surface area (Å²) in [6.45, 7) is 3.42. The predicted molar refractivity (Wildman–Crippen MR) is 82.0 cm³/mol. The van der Waals surface area contributed by atoms with E-state index in [9.17, 15) is 0 Å². The highest BCUT2D eigenvalue weighted by Gasteiger charge is 2.26. The first-order valence-corrected chi connectivity index (χ1v) is 7.72. The van der Waals surface area contributed by atoms with Crippen molar-refractivity contribution in [1.29, 1.82) is 0 Å². The summed E-state index contributed by atoms with van der Waals surface area (Å²) in [4.78, 5) is 2.39. The minimum atomic E-state index is 0.447. The fourth-order valence-corrected chi connectivity index (χ4v) is 3.32. The Hall–Kier alpha value is -0.420. The zero-order chi connectivity index (χ0) is 13.7. The fraction of sp³-hybridized carbons (Fsp3) is 0.600. The molecule has 1 heterocycles. The molecule has 106 valence electrons. The summed E-state index contributed by atoms with van der Waals surface area (Å²) in [5.41, 5.74) is 7.32. The second-order valence-electron chi connectivity index (χ2n) is 5.30. The molecule has 0 radical (unpaired) electrons. The van der Waals surface area contributed by atoms with E-state index in [-0.39, 0.29) is 0 Å². The third kappa shape index (κ3) is 4.28. The molecule has 4 heteroatoms. The molecule has 0 aliphatic carbocycles. The summed E-state index contributed by atoms with van der Waals surface area (Å²) < 4.78 is 6.58. The van der Waals surface area contributed by atoms with Crippen LogP contribution in [0.15, 0.2) is 28.7 Å². The van der Waals surface area contributed by atoms with E-state index in [1.807, 2.05) is 0 Å². The van der Waals surface area contributed by atoms with Crippen molar-refractivity contribution < 1.29 is 4.74 Å². The van der Waals surface area contributed by atoms with Gasteiger partial charge in [-0.25, -0.2) is 0 Å². The molecule has 1 aromatic carbocycles. The lowest BCUT2D eigenvalue weighted by atomic mass is 9.90. The van der Waals surface area contributed by atoms with Crippen LogP contribution in [0.1, 0.15) is 18.4 Å². The number of rotatable bonds is 5. The average Bonchev–Trinajstić information content (AvgIpc) is 2.41. The van der Waals surface area contributed by atoms with E-state index in [4.69, 9.17) is 10.5 Å². The van der Waals surface area contributed by atoms with Crippen molar-refractivity contribution in [2.24, 2.45) is 11.7 Å². The monoisotopic (exact) mass is 326 g/mol. The molecular formula is C15H23BrN2O. The third-order valence-corrected chi connectivity index (χ3v) is 4.43. The maximum Gasteiger partial charge on any atom is 0.0469 e. The number of halogens is 1. The summed E-state index contributed by atoms with van der Waals surface area (Å²) in [5, 5.41) is 0. The number of likely N-dealkylation sites (N-methyl/N-ethyl adjacent to an activating group) is 1. The maximum atomic E-state index is 6.00. The van der Waals surface area contributed by atoms with E-state index in [0.717, 1.165) is 43.6 Å². The molecule has 2 N–H and O–H groups in total. The summed E-state index contributed by atoms with van der Waals surface area (Å²) in [6.07, 6.45) is 2.26. The molecule has 1 saturated heterocycles. The first-order chi connectivity index (χ1) is 9.20. The maximum absolute atomic E-state index is 6.00. The Bertz CT molecular complexity index is 393. The molecule has 1 atom stereocenters. The van der Waals surface area contributed by atoms with Gasteiger partial charge in [0.1, 0.15) is 0 Å². The summed E-state index contributed by atoms with van der Waals surface area (Å²) in [7, 11) is 2.17. The van der Waals surface area contributed by atoms with Gasteiger partial charge in [0.15, 0.2) is 0 Å². The Morgan fingerprint density at radius 3 is 2.79 bits per heavy atom. The van der Waals surface area contributed by atoms with E-state index >= 15 is 0 Å². The average molecular weight is 327 g/mol. The summed E-state index contributed by atoms with van der Waals surface area (Å²) in [6, 6.07) is 8.93. The van der Waals surface area contributed by atoms with Gasteiger partial charge in [0.25, 0.3) is 0 Å². The molecule has 0 aromatic heterocycles. The Kier molecular flexibility index (Phi) is 5.82. The number of hydrogen-bond acceptors (Lipinski definition) is 3. The molecule has 0 spiro atoms. The van der Waals surface area contributed by atoms with Crippen LogP contribution in [0.2, 0.25) is 0 Å². The van der Waals surface area contributed by atoms with Gasteiger partial charge in [0.05, 0.1) is 0 Å². The Labute approximate surface area is 124 Å². The first-order valence-electron chi connectivity index (χ1n) is 6.93. The first kappa shape index (κ1) is 15.0. The van der Waals surface area contributed by atoms with E-state index < -0.39 is 0 Å². The van der Waals surface area contributed by atoms with Crippen LogP contribution in [0.25, 0.3) is 0 Å². The van der Waals surface area contributed by atoms with Crippen LogP contribution in [0, 0.1) is 5.92 Å². The number of nitrogens with zero attached hydrogens (tertiary/aromatic N) is 1. The quantitative estimate of drug-likeness (QED) is 0.904. The second kappa shape index (κ2) is 7.39. The van der Waals surface area contributed by atoms with Crippen molar-refractivity contribution in [3.8, 4) is 0 Å². The Balaban J connectivity index is 1.97. The Morgan fingerprint density at radius 2 is 2.16 bits per heavy atom. The molecule has 1 aliphatic heterocycles. The van der Waals surface area contributed by atoms with Crippen molar-refractivity contribution in [3.05, 3.63) is 34.3 Å². The van der Waals surface area contributed by atoms with Crippen LogP contribution in [-0.4, -0.2) is 37.7 Å². The van der Waals surface area contributed by atoms with E-state index in [1.54, 1.807) is 0 Å². The standard InChI is InChI=1S/C15H23BrN2O/c1-18(11-12-3-2-4-14(16)9-12)15(10-17)13-5-7-19-8-6-13/h2-4,9,13,15H,5-8,10-11,17H2,1H3. The van der Waals surface area contributed by atoms with E-state index in [0.29, 0.717) is 12.0 Å². The number of hydrogen-bond donors (Lipinski definition) is 1. The van der Waals surface area contributed by atoms with Gasteiger partial charge in [-0.05, 0) is 43.5 Å². The van der Waals surface area contributed by atoms with Crippen LogP contribution in [0.4, 0.5) is 0 Å². The van der Waals surface area contributed by atoms with Crippen LogP contribution in [-0.2, 0) is 11.3 Å². The molecule has 19 heavy (non-hydrogen) atoms. The molecule has 2 rings (SSSR count). The highest BCUT2D eigenvalue weighted by atomic mass is 79.9. The minimum Gasteiger partial charge on any atom is -0.381 e. The van der Waals surface area contributed by atoms with Gasteiger partial charge in [-0.15, -0.1) is 0 Å². The van der Waals surface area contributed by atoms with Gasteiger partial charge >= 0.3 is 0 Å². The van der Waals surface area contributed by atoms with Gasteiger partial charge in [0.2, 0.25) is 0 Å². The van der Waals surface area contributed by atoms with Crippen molar-refractivity contribution in [3.63, 3.8) is 0 Å². The van der Waals surface area contributed by atoms with E-state index in [2.05, 4.69) is 52.1 Å². The number of ether oxygens (including phenoxy) is 1. The van der Waals surface area contributed by atoms with Gasteiger partial charge in [-0.1, -0.05) is 28.1 Å². The summed E-state index contributed by atoms with van der Waals surface area (Å²) >= 11 is 3.52. The molecule has 3 nitrogen and oxygen atoms in total. The molecule has 1 aliphatic rings. The lowest BCUT2D eigenvalue weighted by Gasteiger charge is -2.36. The SMILES string of the molecule is CN(Cc1cccc(Br)c1)C(CN)C1CCOCC1. The Morgan fingerprint density at radius 1 is 1.42 bits per heavy atom. The van der Waals surface area contributed by atoms with Crippen LogP contribution in [0.3, 0.4) is 0 Å². The highest BCUT2D eigenvalue weighted by molar-refractivity contribution is 9.10. The second-order valence-corrected chi connectivity index (χ2v) is 6.21. The van der Waals surface area contributed by atoms with Gasteiger partial charge in [-0.2, -0.15) is 0 Å². The minimum absolute atomic E-state index is 0.447. The van der Waals surface area contributed by atoms with Crippen molar-refractivity contribution in [1.82, 2.24) is 4.90 Å². The van der Waals surface area contributed by atoms with Gasteiger partial charge in [0, 0.05) is 36.8 Å². The van der Waals surface area contributed by atoms with Gasteiger partial charge < -0.3 is 10.5 Å². The van der Waals surface area contributed by atoms with Gasteiger partial charge in [-0.3, -0.25) is 4.90 Å².